The zero-order valence-electron chi connectivity index (χ0n) is 14.6. The molecule has 0 bridgehead atoms. The molecule has 1 aromatic carbocycles. The molecule has 1 fully saturated rings. The van der Waals surface area contributed by atoms with Crippen molar-refractivity contribution in [1.82, 2.24) is 4.90 Å². The zero-order valence-corrected chi connectivity index (χ0v) is 15.6. The van der Waals surface area contributed by atoms with Crippen LogP contribution in [0.4, 0.5) is 0 Å². The topological polar surface area (TPSA) is 29.5 Å². The van der Waals surface area contributed by atoms with Gasteiger partial charge in [-0.2, -0.15) is 0 Å². The maximum atomic E-state index is 12.8. The summed E-state index contributed by atoms with van der Waals surface area (Å²) in [5, 5.41) is 0.134. The minimum Gasteiger partial charge on any atom is -0.405 e. The maximum absolute atomic E-state index is 12.8. The van der Waals surface area contributed by atoms with Gasteiger partial charge in [0.15, 0.2) is 8.32 Å². The SMILES string of the molecule is CC(C)(C)[Si](C)(C)O[C@H]1CCCN(Cc2ccccc2)C1=O. The summed E-state index contributed by atoms with van der Waals surface area (Å²) in [4.78, 5) is 14.7. The van der Waals surface area contributed by atoms with Crippen molar-refractivity contribution in [2.45, 2.75) is 64.4 Å². The van der Waals surface area contributed by atoms with E-state index in [0.717, 1.165) is 19.4 Å². The third kappa shape index (κ3) is 3.99. The molecule has 0 N–H and O–H groups in total. The number of benzene rings is 1. The summed E-state index contributed by atoms with van der Waals surface area (Å²) in [6.45, 7) is 12.6. The Morgan fingerprint density at radius 2 is 1.86 bits per heavy atom. The van der Waals surface area contributed by atoms with Gasteiger partial charge < -0.3 is 9.33 Å². The van der Waals surface area contributed by atoms with Gasteiger partial charge in [0, 0.05) is 13.1 Å². The largest absolute Gasteiger partial charge is 0.405 e. The fraction of sp³-hybridized carbons (Fsp3) is 0.611. The summed E-state index contributed by atoms with van der Waals surface area (Å²) < 4.78 is 6.37. The van der Waals surface area contributed by atoms with Crippen LogP contribution in [0.2, 0.25) is 18.1 Å². The first-order valence-corrected chi connectivity index (χ1v) is 11.1. The molecular formula is C18H29NO2Si. The first kappa shape index (κ1) is 17.2. The highest BCUT2D eigenvalue weighted by Crippen LogP contribution is 2.38. The van der Waals surface area contributed by atoms with Crippen molar-refractivity contribution in [2.24, 2.45) is 0 Å². The second-order valence-corrected chi connectivity index (χ2v) is 12.5. The van der Waals surface area contributed by atoms with E-state index in [2.05, 4.69) is 46.0 Å². The average molecular weight is 320 g/mol. The summed E-state index contributed by atoms with van der Waals surface area (Å²) in [5.74, 6) is 0.167. The minimum absolute atomic E-state index is 0.134. The first-order valence-electron chi connectivity index (χ1n) is 8.21. The molecule has 22 heavy (non-hydrogen) atoms. The van der Waals surface area contributed by atoms with Gasteiger partial charge >= 0.3 is 0 Å². The van der Waals surface area contributed by atoms with E-state index in [1.165, 1.54) is 5.56 Å². The van der Waals surface area contributed by atoms with Gasteiger partial charge in [-0.05, 0) is 36.5 Å². The standard InChI is InChI=1S/C18H29NO2Si/c1-18(2,3)22(4,5)21-16-12-9-13-19(17(16)20)14-15-10-7-6-8-11-15/h6-8,10-11,16H,9,12-14H2,1-5H3/t16-/m0/s1. The predicted octanol–water partition coefficient (Wildman–Crippen LogP) is 4.20. The number of nitrogens with zero attached hydrogens (tertiary/aromatic N) is 1. The van der Waals surface area contributed by atoms with Gasteiger partial charge in [0.05, 0.1) is 0 Å². The van der Waals surface area contributed by atoms with Crippen LogP contribution >= 0.6 is 0 Å². The molecule has 1 saturated heterocycles. The number of carbonyl (C=O) groups is 1. The summed E-state index contributed by atoms with van der Waals surface area (Å²) in [5.41, 5.74) is 1.18. The smallest absolute Gasteiger partial charge is 0.250 e. The Morgan fingerprint density at radius 3 is 2.45 bits per heavy atom. The molecule has 1 atom stereocenters. The van der Waals surface area contributed by atoms with Gasteiger partial charge in [0.2, 0.25) is 0 Å². The molecule has 0 radical (unpaired) electrons. The normalized spacial score (nSPS) is 20.3. The lowest BCUT2D eigenvalue weighted by Gasteiger charge is -2.41. The van der Waals surface area contributed by atoms with Crippen molar-refractivity contribution in [3.8, 4) is 0 Å². The number of carbonyl (C=O) groups excluding carboxylic acids is 1. The summed E-state index contributed by atoms with van der Waals surface area (Å²) in [6, 6.07) is 10.2. The fourth-order valence-electron chi connectivity index (χ4n) is 2.51. The Hall–Kier alpha value is -1.13. The van der Waals surface area contributed by atoms with E-state index < -0.39 is 8.32 Å². The van der Waals surface area contributed by atoms with Gasteiger partial charge in [-0.15, -0.1) is 0 Å². The molecule has 2 rings (SSSR count). The molecule has 1 heterocycles. The summed E-state index contributed by atoms with van der Waals surface area (Å²) in [6.07, 6.45) is 1.63. The predicted molar refractivity (Wildman–Crippen MR) is 93.2 cm³/mol. The third-order valence-corrected chi connectivity index (χ3v) is 9.43. The quantitative estimate of drug-likeness (QED) is 0.778. The van der Waals surface area contributed by atoms with Crippen LogP contribution in [0.15, 0.2) is 30.3 Å². The zero-order chi connectivity index (χ0) is 16.4. The van der Waals surface area contributed by atoms with Gasteiger partial charge in [-0.25, -0.2) is 0 Å². The molecule has 3 nitrogen and oxygen atoms in total. The second-order valence-electron chi connectivity index (χ2n) is 7.75. The Kier molecular flexibility index (Phi) is 5.13. The van der Waals surface area contributed by atoms with E-state index in [4.69, 9.17) is 4.43 Å². The number of rotatable bonds is 4. The lowest BCUT2D eigenvalue weighted by molar-refractivity contribution is -0.143. The molecule has 0 unspecified atom stereocenters. The Balaban J connectivity index is 2.04. The van der Waals surface area contributed by atoms with Crippen molar-refractivity contribution >= 4 is 14.2 Å². The van der Waals surface area contributed by atoms with E-state index in [1.807, 2.05) is 23.1 Å². The molecule has 0 spiro atoms. The van der Waals surface area contributed by atoms with E-state index in [-0.39, 0.29) is 17.0 Å². The number of hydrogen-bond donors (Lipinski definition) is 0. The second kappa shape index (κ2) is 6.55. The van der Waals surface area contributed by atoms with E-state index in [0.29, 0.717) is 6.54 Å². The monoisotopic (exact) mass is 319 g/mol. The average Bonchev–Trinajstić information content (AvgIpc) is 2.43. The maximum Gasteiger partial charge on any atom is 0.250 e. The first-order chi connectivity index (χ1) is 10.2. The van der Waals surface area contributed by atoms with Crippen molar-refractivity contribution in [3.05, 3.63) is 35.9 Å². The van der Waals surface area contributed by atoms with Gasteiger partial charge in [-0.3, -0.25) is 4.79 Å². The van der Waals surface area contributed by atoms with Gasteiger partial charge in [-0.1, -0.05) is 51.1 Å². The summed E-state index contributed by atoms with van der Waals surface area (Å²) >= 11 is 0. The molecule has 4 heteroatoms. The number of hydrogen-bond acceptors (Lipinski definition) is 2. The molecule has 0 aliphatic carbocycles. The highest BCUT2D eigenvalue weighted by molar-refractivity contribution is 6.74. The molecule has 1 amide bonds. The molecule has 1 aliphatic rings. The van der Waals surface area contributed by atoms with Crippen molar-refractivity contribution in [2.75, 3.05) is 6.54 Å². The van der Waals surface area contributed by atoms with Crippen LogP contribution in [-0.2, 0) is 15.8 Å². The van der Waals surface area contributed by atoms with Crippen LogP contribution in [0.25, 0.3) is 0 Å². The lowest BCUT2D eigenvalue weighted by Crippen LogP contribution is -2.51. The third-order valence-electron chi connectivity index (χ3n) is 4.94. The van der Waals surface area contributed by atoms with Crippen LogP contribution in [0.3, 0.4) is 0 Å². The highest BCUT2D eigenvalue weighted by atomic mass is 28.4. The van der Waals surface area contributed by atoms with Crippen LogP contribution < -0.4 is 0 Å². The molecule has 1 aromatic rings. The lowest BCUT2D eigenvalue weighted by atomic mass is 10.1. The molecule has 122 valence electrons. The Bertz CT molecular complexity index is 508. The van der Waals surface area contributed by atoms with Gasteiger partial charge in [0.1, 0.15) is 6.10 Å². The highest BCUT2D eigenvalue weighted by Gasteiger charge is 2.42. The number of likely N-dealkylation sites (tertiary alicyclic amines) is 1. The van der Waals surface area contributed by atoms with Crippen molar-refractivity contribution < 1.29 is 9.22 Å². The molecular weight excluding hydrogens is 290 g/mol. The van der Waals surface area contributed by atoms with Crippen LogP contribution in [0, 0.1) is 0 Å². The molecule has 0 aromatic heterocycles. The minimum atomic E-state index is -1.90. The number of amides is 1. The fourth-order valence-corrected chi connectivity index (χ4v) is 3.79. The Labute approximate surface area is 135 Å². The van der Waals surface area contributed by atoms with E-state index in [9.17, 15) is 4.79 Å². The summed E-state index contributed by atoms with van der Waals surface area (Å²) in [7, 11) is -1.90. The molecule has 1 aliphatic heterocycles. The Morgan fingerprint density at radius 1 is 1.23 bits per heavy atom. The van der Waals surface area contributed by atoms with E-state index in [1.54, 1.807) is 0 Å². The van der Waals surface area contributed by atoms with Crippen LogP contribution in [0.1, 0.15) is 39.2 Å². The number of piperidine rings is 1. The van der Waals surface area contributed by atoms with Crippen LogP contribution in [-0.4, -0.2) is 31.8 Å². The molecule has 0 saturated carbocycles. The van der Waals surface area contributed by atoms with Crippen molar-refractivity contribution in [1.29, 1.82) is 0 Å². The van der Waals surface area contributed by atoms with Crippen molar-refractivity contribution in [3.63, 3.8) is 0 Å². The van der Waals surface area contributed by atoms with Gasteiger partial charge in [0.25, 0.3) is 5.91 Å². The van der Waals surface area contributed by atoms with Crippen LogP contribution in [0.5, 0.6) is 0 Å². The van der Waals surface area contributed by atoms with E-state index >= 15 is 0 Å².